The number of methoxy groups -OCH3 is 1. The van der Waals surface area contributed by atoms with Gasteiger partial charge in [-0.3, -0.25) is 4.57 Å². The molecule has 0 amide bonds. The SMILES string of the molecule is COc1ccc2c(c1)C(c1ccccc1)(c1ccccc1)OC(CCOP(N)(=O)N(CCCl)CCCl)O2. The van der Waals surface area contributed by atoms with Crippen molar-refractivity contribution in [3.05, 3.63) is 95.6 Å². The van der Waals surface area contributed by atoms with Crippen molar-refractivity contribution in [2.45, 2.75) is 18.3 Å². The van der Waals surface area contributed by atoms with Crippen molar-refractivity contribution in [3.8, 4) is 11.5 Å². The van der Waals surface area contributed by atoms with Gasteiger partial charge in [-0.15, -0.1) is 23.2 Å². The third-order valence-electron chi connectivity index (χ3n) is 6.20. The molecule has 2 atom stereocenters. The summed E-state index contributed by atoms with van der Waals surface area (Å²) >= 11 is 11.7. The van der Waals surface area contributed by atoms with Gasteiger partial charge >= 0.3 is 7.67 Å². The number of halogens is 2. The fourth-order valence-electron chi connectivity index (χ4n) is 4.46. The minimum atomic E-state index is -3.59. The number of rotatable bonds is 12. The van der Waals surface area contributed by atoms with Crippen LogP contribution < -0.4 is 15.0 Å². The molecule has 1 aliphatic heterocycles. The average Bonchev–Trinajstić information content (AvgIpc) is 2.93. The minimum absolute atomic E-state index is 0.0463. The zero-order chi connectivity index (χ0) is 26.3. The van der Waals surface area contributed by atoms with Crippen molar-refractivity contribution in [3.63, 3.8) is 0 Å². The molecule has 2 unspecified atom stereocenters. The van der Waals surface area contributed by atoms with E-state index in [1.807, 2.05) is 78.9 Å². The standard InChI is InChI=1S/C27H31Cl2N2O5P/c1-33-23-12-13-25-24(20-23)27(21-8-4-2-5-9-21,22-10-6-3-7-11-22)36-26(35-25)14-19-34-37(30,32)31(17-15-28)18-16-29/h2-13,20,26H,14-19H2,1H3,(H2,30,32). The third-order valence-corrected chi connectivity index (χ3v) is 8.28. The first kappa shape index (κ1) is 27.9. The van der Waals surface area contributed by atoms with Crippen LogP contribution in [0.4, 0.5) is 0 Å². The van der Waals surface area contributed by atoms with Gasteiger partial charge in [-0.05, 0) is 29.3 Å². The van der Waals surface area contributed by atoms with Crippen molar-refractivity contribution in [1.82, 2.24) is 4.67 Å². The Balaban J connectivity index is 1.68. The van der Waals surface area contributed by atoms with Gasteiger partial charge in [0.1, 0.15) is 11.5 Å². The normalized spacial score (nSPS) is 18.0. The highest BCUT2D eigenvalue weighted by molar-refractivity contribution is 7.53. The van der Waals surface area contributed by atoms with E-state index in [9.17, 15) is 4.57 Å². The Kier molecular flexibility index (Phi) is 9.54. The third kappa shape index (κ3) is 6.15. The second-order valence-electron chi connectivity index (χ2n) is 8.46. The van der Waals surface area contributed by atoms with E-state index in [4.69, 9.17) is 47.4 Å². The average molecular weight is 565 g/mol. The highest BCUT2D eigenvalue weighted by Crippen LogP contribution is 2.50. The van der Waals surface area contributed by atoms with Crippen molar-refractivity contribution in [2.24, 2.45) is 5.50 Å². The molecule has 1 aliphatic rings. The number of alkyl halides is 2. The fraction of sp³-hybridized carbons (Fsp3) is 0.333. The summed E-state index contributed by atoms with van der Waals surface area (Å²) in [5.41, 5.74) is 7.75. The first-order valence-electron chi connectivity index (χ1n) is 12.0. The molecule has 4 rings (SSSR count). The Morgan fingerprint density at radius 2 is 1.57 bits per heavy atom. The van der Waals surface area contributed by atoms with Crippen LogP contribution in [0.5, 0.6) is 11.5 Å². The van der Waals surface area contributed by atoms with E-state index in [0.717, 1.165) is 16.7 Å². The highest BCUT2D eigenvalue weighted by Gasteiger charge is 2.46. The zero-order valence-electron chi connectivity index (χ0n) is 20.6. The number of nitrogens with zero attached hydrogens (tertiary/aromatic N) is 1. The second-order valence-corrected chi connectivity index (χ2v) is 11.2. The molecule has 0 fully saturated rings. The summed E-state index contributed by atoms with van der Waals surface area (Å²) < 4.78 is 38.8. The molecule has 10 heteroatoms. The summed E-state index contributed by atoms with van der Waals surface area (Å²) in [5.74, 6) is 1.86. The van der Waals surface area contributed by atoms with Crippen LogP contribution in [-0.4, -0.2) is 49.5 Å². The van der Waals surface area contributed by atoms with E-state index in [1.54, 1.807) is 7.11 Å². The minimum Gasteiger partial charge on any atom is -0.497 e. The van der Waals surface area contributed by atoms with Crippen LogP contribution in [0.15, 0.2) is 78.9 Å². The maximum atomic E-state index is 13.0. The van der Waals surface area contributed by atoms with Crippen LogP contribution in [0.2, 0.25) is 0 Å². The number of nitrogens with two attached hydrogens (primary N) is 1. The number of benzene rings is 3. The molecule has 0 bridgehead atoms. The van der Waals surface area contributed by atoms with Gasteiger partial charge in [0, 0.05) is 36.8 Å². The molecule has 0 aliphatic carbocycles. The Bertz CT molecular complexity index is 1160. The largest absolute Gasteiger partial charge is 0.497 e. The second kappa shape index (κ2) is 12.6. The topological polar surface area (TPSA) is 83.2 Å². The lowest BCUT2D eigenvalue weighted by Gasteiger charge is -2.43. The first-order chi connectivity index (χ1) is 17.9. The summed E-state index contributed by atoms with van der Waals surface area (Å²) in [6.45, 7) is 0.655. The molecule has 2 N–H and O–H groups in total. The van der Waals surface area contributed by atoms with Gasteiger partial charge in [0.05, 0.1) is 13.7 Å². The summed E-state index contributed by atoms with van der Waals surface area (Å²) in [6.07, 6.45) is -0.431. The summed E-state index contributed by atoms with van der Waals surface area (Å²) in [6, 6.07) is 25.6. The Labute approximate surface area is 227 Å². The van der Waals surface area contributed by atoms with Crippen molar-refractivity contribution in [2.75, 3.05) is 38.6 Å². The Hall–Kier alpha value is -2.09. The molecule has 37 heavy (non-hydrogen) atoms. The van der Waals surface area contributed by atoms with Crippen LogP contribution in [0.25, 0.3) is 0 Å². The number of hydrogen-bond donors (Lipinski definition) is 1. The summed E-state index contributed by atoms with van der Waals surface area (Å²) in [4.78, 5) is 0. The fourth-order valence-corrected chi connectivity index (χ4v) is 6.40. The molecule has 1 heterocycles. The van der Waals surface area contributed by atoms with E-state index in [0.29, 0.717) is 24.6 Å². The lowest BCUT2D eigenvalue weighted by molar-refractivity contribution is -0.168. The number of fused-ring (bicyclic) bond motifs is 1. The maximum absolute atomic E-state index is 13.0. The monoisotopic (exact) mass is 564 g/mol. The molecule has 0 aromatic heterocycles. The van der Waals surface area contributed by atoms with Crippen molar-refractivity contribution < 1.29 is 23.3 Å². The van der Waals surface area contributed by atoms with Gasteiger partial charge in [0.2, 0.25) is 6.29 Å². The predicted molar refractivity (Wildman–Crippen MR) is 147 cm³/mol. The Morgan fingerprint density at radius 3 is 2.11 bits per heavy atom. The quantitative estimate of drug-likeness (QED) is 0.214. The van der Waals surface area contributed by atoms with Gasteiger partial charge < -0.3 is 18.7 Å². The molecule has 0 saturated heterocycles. The molecule has 7 nitrogen and oxygen atoms in total. The number of hydrogen-bond acceptors (Lipinski definition) is 5. The van der Waals surface area contributed by atoms with Gasteiger partial charge in [0.25, 0.3) is 0 Å². The van der Waals surface area contributed by atoms with Gasteiger partial charge in [-0.25, -0.2) is 10.2 Å². The lowest BCUT2D eigenvalue weighted by atomic mass is 9.79. The van der Waals surface area contributed by atoms with Crippen LogP contribution in [0.3, 0.4) is 0 Å². The van der Waals surface area contributed by atoms with Crippen LogP contribution >= 0.6 is 30.9 Å². The molecular formula is C27H31Cl2N2O5P. The van der Waals surface area contributed by atoms with Gasteiger partial charge in [-0.2, -0.15) is 0 Å². The molecule has 198 valence electrons. The molecule has 0 radical (unpaired) electrons. The van der Waals surface area contributed by atoms with E-state index in [-0.39, 0.29) is 24.8 Å². The van der Waals surface area contributed by atoms with Crippen LogP contribution in [-0.2, 0) is 19.4 Å². The predicted octanol–water partition coefficient (Wildman–Crippen LogP) is 5.98. The molecular weight excluding hydrogens is 534 g/mol. The van der Waals surface area contributed by atoms with Crippen LogP contribution in [0, 0.1) is 0 Å². The van der Waals surface area contributed by atoms with Crippen molar-refractivity contribution >= 4 is 30.9 Å². The molecule has 0 spiro atoms. The van der Waals surface area contributed by atoms with Gasteiger partial charge in [-0.1, -0.05) is 60.7 Å². The Morgan fingerprint density at radius 1 is 0.973 bits per heavy atom. The maximum Gasteiger partial charge on any atom is 0.340 e. The van der Waals surface area contributed by atoms with E-state index in [1.165, 1.54) is 4.67 Å². The zero-order valence-corrected chi connectivity index (χ0v) is 23.0. The molecule has 3 aromatic carbocycles. The smallest absolute Gasteiger partial charge is 0.340 e. The van der Waals surface area contributed by atoms with E-state index in [2.05, 4.69) is 0 Å². The first-order valence-corrected chi connectivity index (χ1v) is 14.7. The molecule has 0 saturated carbocycles. The summed E-state index contributed by atoms with van der Waals surface area (Å²) in [5, 5.41) is 0. The van der Waals surface area contributed by atoms with Crippen molar-refractivity contribution in [1.29, 1.82) is 0 Å². The van der Waals surface area contributed by atoms with Gasteiger partial charge in [0.15, 0.2) is 5.60 Å². The van der Waals surface area contributed by atoms with Crippen LogP contribution in [0.1, 0.15) is 23.1 Å². The number of ether oxygens (including phenoxy) is 3. The lowest BCUT2D eigenvalue weighted by Crippen LogP contribution is -2.43. The van der Waals surface area contributed by atoms with E-state index >= 15 is 0 Å². The summed E-state index contributed by atoms with van der Waals surface area (Å²) in [7, 11) is -1.96. The van der Waals surface area contributed by atoms with E-state index < -0.39 is 19.6 Å². The highest BCUT2D eigenvalue weighted by atomic mass is 35.5. The molecule has 3 aromatic rings.